The van der Waals surface area contributed by atoms with Crippen LogP contribution in [-0.4, -0.2) is 16.2 Å². The highest BCUT2D eigenvalue weighted by molar-refractivity contribution is 9.09. The van der Waals surface area contributed by atoms with E-state index in [-0.39, 0.29) is 0 Å². The molecule has 72 valence electrons. The molecule has 0 saturated heterocycles. The number of hydrogen-bond acceptors (Lipinski definition) is 2. The van der Waals surface area contributed by atoms with Crippen molar-refractivity contribution in [2.45, 2.75) is 39.0 Å². The van der Waals surface area contributed by atoms with E-state index in [4.69, 9.17) is 0 Å². The maximum Gasteiger partial charge on any atom is 0.188 e. The van der Waals surface area contributed by atoms with Crippen LogP contribution in [0.5, 0.6) is 0 Å². The third-order valence-corrected chi connectivity index (χ3v) is 3.24. The zero-order valence-electron chi connectivity index (χ0n) is 7.64. The van der Waals surface area contributed by atoms with E-state index in [1.165, 1.54) is 37.4 Å². The molecule has 0 N–H and O–H groups in total. The van der Waals surface area contributed by atoms with Crippen molar-refractivity contribution in [3.63, 3.8) is 0 Å². The zero-order valence-corrected chi connectivity index (χ0v) is 10.0. The Balaban J connectivity index is 2.95. The average molecular weight is 253 g/mol. The van der Waals surface area contributed by atoms with E-state index in [9.17, 15) is 4.79 Å². The van der Waals surface area contributed by atoms with Crippen molar-refractivity contribution in [3.8, 4) is 0 Å². The second-order valence-electron chi connectivity index (χ2n) is 2.68. The molecule has 0 aliphatic rings. The Morgan fingerprint density at radius 2 is 1.92 bits per heavy atom. The number of thioether (sulfide) groups is 1. The van der Waals surface area contributed by atoms with Gasteiger partial charge in [-0.3, -0.25) is 4.79 Å². The molecule has 0 fully saturated rings. The van der Waals surface area contributed by atoms with Gasteiger partial charge >= 0.3 is 0 Å². The van der Waals surface area contributed by atoms with E-state index >= 15 is 0 Å². The highest BCUT2D eigenvalue weighted by Gasteiger charge is 1.97. The van der Waals surface area contributed by atoms with Gasteiger partial charge in [-0.05, 0) is 12.8 Å². The van der Waals surface area contributed by atoms with Crippen molar-refractivity contribution in [1.82, 2.24) is 0 Å². The van der Waals surface area contributed by atoms with Gasteiger partial charge in [-0.15, -0.1) is 0 Å². The molecule has 0 bridgehead atoms. The van der Waals surface area contributed by atoms with Crippen LogP contribution < -0.4 is 0 Å². The average Bonchev–Trinajstić information content (AvgIpc) is 2.10. The van der Waals surface area contributed by atoms with Crippen molar-refractivity contribution in [2.75, 3.05) is 11.1 Å². The van der Waals surface area contributed by atoms with Crippen LogP contribution in [0.25, 0.3) is 0 Å². The van der Waals surface area contributed by atoms with Crippen LogP contribution in [0.2, 0.25) is 0 Å². The summed E-state index contributed by atoms with van der Waals surface area (Å²) in [5, 5.41) is 1.43. The number of hydrogen-bond donors (Lipinski definition) is 0. The molecule has 0 aliphatic heterocycles. The molecule has 0 amide bonds. The molecule has 0 atom stereocenters. The first-order valence-corrected chi connectivity index (χ1v) is 6.63. The maximum atomic E-state index is 10.9. The van der Waals surface area contributed by atoms with E-state index in [1.807, 2.05) is 6.92 Å². The molecule has 0 saturated carbocycles. The fourth-order valence-electron chi connectivity index (χ4n) is 0.838. The normalized spacial score (nSPS) is 10.2. The van der Waals surface area contributed by atoms with E-state index in [0.717, 1.165) is 11.1 Å². The van der Waals surface area contributed by atoms with Crippen LogP contribution in [0.15, 0.2) is 0 Å². The molecule has 0 aromatic carbocycles. The summed E-state index contributed by atoms with van der Waals surface area (Å²) in [6.07, 6.45) is 5.66. The third-order valence-electron chi connectivity index (χ3n) is 1.58. The number of alkyl halides is 1. The fraction of sp³-hybridized carbons (Fsp3) is 0.889. The predicted octanol–water partition coefficient (Wildman–Crippen LogP) is 3.61. The Bertz CT molecular complexity index is 117. The van der Waals surface area contributed by atoms with E-state index < -0.39 is 0 Å². The summed E-state index contributed by atoms with van der Waals surface area (Å²) in [6, 6.07) is 0. The second kappa shape index (κ2) is 9.59. The van der Waals surface area contributed by atoms with Gasteiger partial charge in [0.2, 0.25) is 0 Å². The highest BCUT2D eigenvalue weighted by Crippen LogP contribution is 2.10. The molecule has 0 radical (unpaired) electrons. The first-order chi connectivity index (χ1) is 5.81. The molecule has 0 aliphatic carbocycles. The van der Waals surface area contributed by atoms with Crippen LogP contribution in [0.4, 0.5) is 0 Å². The monoisotopic (exact) mass is 252 g/mol. The number of halogens is 1. The van der Waals surface area contributed by atoms with Gasteiger partial charge in [-0.2, -0.15) is 0 Å². The molecule has 0 heterocycles. The molecule has 1 nitrogen and oxygen atoms in total. The Labute approximate surface area is 87.8 Å². The summed E-state index contributed by atoms with van der Waals surface area (Å²) in [5.41, 5.74) is 0. The first kappa shape index (κ1) is 12.5. The van der Waals surface area contributed by atoms with Crippen molar-refractivity contribution in [1.29, 1.82) is 0 Å². The highest BCUT2D eigenvalue weighted by atomic mass is 79.9. The first-order valence-electron chi connectivity index (χ1n) is 4.52. The Kier molecular flexibility index (Phi) is 9.99. The number of rotatable bonds is 7. The van der Waals surface area contributed by atoms with Gasteiger partial charge in [0.05, 0.1) is 0 Å². The fourth-order valence-corrected chi connectivity index (χ4v) is 2.01. The van der Waals surface area contributed by atoms with Gasteiger partial charge in [-0.1, -0.05) is 47.5 Å². The molecular formula is C9H17BrOS. The van der Waals surface area contributed by atoms with Gasteiger partial charge in [0, 0.05) is 17.5 Å². The van der Waals surface area contributed by atoms with Crippen molar-refractivity contribution < 1.29 is 4.79 Å². The number of carbonyl (C=O) groups is 1. The van der Waals surface area contributed by atoms with E-state index in [1.54, 1.807) is 0 Å². The topological polar surface area (TPSA) is 17.1 Å². The number of carbonyl (C=O) groups excluding carboxylic acids is 1. The Hall–Kier alpha value is 0.500. The molecule has 0 unspecified atom stereocenters. The minimum absolute atomic E-state index is 0.329. The summed E-state index contributed by atoms with van der Waals surface area (Å²) >= 11 is 4.88. The van der Waals surface area contributed by atoms with Gasteiger partial charge in [0.25, 0.3) is 0 Å². The van der Waals surface area contributed by atoms with Crippen molar-refractivity contribution in [2.24, 2.45) is 0 Å². The van der Waals surface area contributed by atoms with Gasteiger partial charge < -0.3 is 0 Å². The summed E-state index contributed by atoms with van der Waals surface area (Å²) in [7, 11) is 0. The van der Waals surface area contributed by atoms with Gasteiger partial charge in [-0.25, -0.2) is 0 Å². The van der Waals surface area contributed by atoms with Crippen LogP contribution >= 0.6 is 27.7 Å². The lowest BCUT2D eigenvalue weighted by Crippen LogP contribution is -1.90. The van der Waals surface area contributed by atoms with Crippen LogP contribution in [-0.2, 0) is 4.79 Å². The summed E-state index contributed by atoms with van der Waals surface area (Å²) in [5.74, 6) is 1.01. The minimum atomic E-state index is 0.329. The lowest BCUT2D eigenvalue weighted by Gasteiger charge is -1.98. The van der Waals surface area contributed by atoms with Crippen LogP contribution in [0, 0.1) is 0 Å². The molecule has 0 spiro atoms. The van der Waals surface area contributed by atoms with Crippen molar-refractivity contribution >= 4 is 32.8 Å². The molecule has 0 aromatic heterocycles. The Morgan fingerprint density at radius 3 is 2.50 bits per heavy atom. The lowest BCUT2D eigenvalue weighted by atomic mass is 10.2. The quantitative estimate of drug-likeness (QED) is 0.509. The maximum absolute atomic E-state index is 10.9. The summed E-state index contributed by atoms with van der Waals surface area (Å²) in [4.78, 5) is 10.9. The SMILES string of the molecule is CCC(=O)SCCCCCCBr. The molecule has 12 heavy (non-hydrogen) atoms. The summed E-state index contributed by atoms with van der Waals surface area (Å²) < 4.78 is 0. The smallest absolute Gasteiger partial charge is 0.188 e. The van der Waals surface area contributed by atoms with Crippen LogP contribution in [0.3, 0.4) is 0 Å². The van der Waals surface area contributed by atoms with Gasteiger partial charge in [0.1, 0.15) is 0 Å². The standard InChI is InChI=1S/C9H17BrOS/c1-2-9(11)12-8-6-4-3-5-7-10/h2-8H2,1H3. The third kappa shape index (κ3) is 8.60. The molecule has 3 heteroatoms. The number of unbranched alkanes of at least 4 members (excludes halogenated alkanes) is 3. The second-order valence-corrected chi connectivity index (χ2v) is 4.62. The largest absolute Gasteiger partial charge is 0.287 e. The lowest BCUT2D eigenvalue weighted by molar-refractivity contribution is -0.110. The molecule has 0 aromatic rings. The van der Waals surface area contributed by atoms with Crippen molar-refractivity contribution in [3.05, 3.63) is 0 Å². The van der Waals surface area contributed by atoms with Crippen LogP contribution in [0.1, 0.15) is 39.0 Å². The zero-order chi connectivity index (χ0) is 9.23. The molecular weight excluding hydrogens is 236 g/mol. The molecule has 0 rings (SSSR count). The summed E-state index contributed by atoms with van der Waals surface area (Å²) in [6.45, 7) is 1.92. The van der Waals surface area contributed by atoms with E-state index in [2.05, 4.69) is 15.9 Å². The van der Waals surface area contributed by atoms with E-state index in [0.29, 0.717) is 11.5 Å². The van der Waals surface area contributed by atoms with Gasteiger partial charge in [0.15, 0.2) is 5.12 Å². The Morgan fingerprint density at radius 1 is 1.25 bits per heavy atom. The minimum Gasteiger partial charge on any atom is -0.287 e. The predicted molar refractivity (Wildman–Crippen MR) is 60.0 cm³/mol.